The summed E-state index contributed by atoms with van der Waals surface area (Å²) in [6, 6.07) is 5.74. The number of nitro groups is 1. The third-order valence-electron chi connectivity index (χ3n) is 3.07. The zero-order chi connectivity index (χ0) is 14.8. The zero-order valence-corrected chi connectivity index (χ0v) is 11.6. The SMILES string of the molecule is CC(C)(C)CC(C)(C(=O)O)c1ccc([N+](=O)[O-])cc1. The second-order valence-corrected chi connectivity index (χ2v) is 6.18. The van der Waals surface area contributed by atoms with Gasteiger partial charge in [0.05, 0.1) is 10.3 Å². The average molecular weight is 265 g/mol. The lowest BCUT2D eigenvalue weighted by molar-refractivity contribution is -0.384. The zero-order valence-electron chi connectivity index (χ0n) is 11.6. The summed E-state index contributed by atoms with van der Waals surface area (Å²) >= 11 is 0. The molecule has 0 saturated carbocycles. The molecule has 0 spiro atoms. The Bertz CT molecular complexity index is 487. The summed E-state index contributed by atoms with van der Waals surface area (Å²) in [6.07, 6.45) is 0.452. The van der Waals surface area contributed by atoms with Gasteiger partial charge in [0.1, 0.15) is 0 Å². The first-order valence-corrected chi connectivity index (χ1v) is 6.04. The summed E-state index contributed by atoms with van der Waals surface area (Å²) in [5.74, 6) is -0.920. The monoisotopic (exact) mass is 265 g/mol. The molecule has 19 heavy (non-hydrogen) atoms. The second kappa shape index (κ2) is 4.99. The van der Waals surface area contributed by atoms with Gasteiger partial charge in [-0.2, -0.15) is 0 Å². The maximum Gasteiger partial charge on any atom is 0.313 e. The van der Waals surface area contributed by atoms with Crippen LogP contribution < -0.4 is 0 Å². The van der Waals surface area contributed by atoms with Crippen molar-refractivity contribution < 1.29 is 14.8 Å². The van der Waals surface area contributed by atoms with Crippen molar-refractivity contribution in [3.63, 3.8) is 0 Å². The lowest BCUT2D eigenvalue weighted by atomic mass is 9.71. The van der Waals surface area contributed by atoms with Crippen LogP contribution in [0.5, 0.6) is 0 Å². The van der Waals surface area contributed by atoms with Crippen molar-refractivity contribution in [2.24, 2.45) is 5.41 Å². The van der Waals surface area contributed by atoms with Crippen molar-refractivity contribution in [3.05, 3.63) is 39.9 Å². The highest BCUT2D eigenvalue weighted by atomic mass is 16.6. The van der Waals surface area contributed by atoms with Crippen LogP contribution in [0, 0.1) is 15.5 Å². The van der Waals surface area contributed by atoms with Crippen LogP contribution in [-0.2, 0) is 10.2 Å². The van der Waals surface area contributed by atoms with E-state index in [0.717, 1.165) is 0 Å². The van der Waals surface area contributed by atoms with Gasteiger partial charge in [0.2, 0.25) is 0 Å². The lowest BCUT2D eigenvalue weighted by Gasteiger charge is -2.32. The van der Waals surface area contributed by atoms with Gasteiger partial charge >= 0.3 is 5.97 Å². The van der Waals surface area contributed by atoms with Crippen LogP contribution in [-0.4, -0.2) is 16.0 Å². The average Bonchev–Trinajstić information content (AvgIpc) is 2.26. The Labute approximate surface area is 112 Å². The topological polar surface area (TPSA) is 80.4 Å². The highest BCUT2D eigenvalue weighted by Gasteiger charge is 2.39. The number of carboxylic acids is 1. The molecule has 0 bridgehead atoms. The first kappa shape index (κ1) is 15.1. The molecule has 1 aromatic rings. The number of aliphatic carboxylic acids is 1. The molecule has 0 saturated heterocycles. The Balaban J connectivity index is 3.19. The summed E-state index contributed by atoms with van der Waals surface area (Å²) in [7, 11) is 0. The molecule has 1 unspecified atom stereocenters. The fourth-order valence-corrected chi connectivity index (χ4v) is 2.31. The maximum atomic E-state index is 11.6. The summed E-state index contributed by atoms with van der Waals surface area (Å²) in [5, 5.41) is 20.1. The molecule has 0 aromatic heterocycles. The Morgan fingerprint density at radius 2 is 1.68 bits per heavy atom. The van der Waals surface area contributed by atoms with Crippen molar-refractivity contribution in [1.29, 1.82) is 0 Å². The van der Waals surface area contributed by atoms with Crippen LogP contribution in [0.1, 0.15) is 39.7 Å². The van der Waals surface area contributed by atoms with E-state index < -0.39 is 16.3 Å². The van der Waals surface area contributed by atoms with Gasteiger partial charge in [0, 0.05) is 12.1 Å². The van der Waals surface area contributed by atoms with E-state index in [9.17, 15) is 20.0 Å². The standard InChI is InChI=1S/C14H19NO4/c1-13(2,3)9-14(4,12(16)17)10-5-7-11(8-6-10)15(18)19/h5-8H,9H2,1-4H3,(H,16,17). The molecule has 0 aliphatic carbocycles. The van der Waals surface area contributed by atoms with Gasteiger partial charge in [-0.25, -0.2) is 0 Å². The minimum absolute atomic E-state index is 0.0350. The molecule has 1 rings (SSSR count). The molecule has 0 radical (unpaired) electrons. The Hall–Kier alpha value is -1.91. The number of nitro benzene ring substituents is 1. The van der Waals surface area contributed by atoms with Crippen LogP contribution in [0.4, 0.5) is 5.69 Å². The fraction of sp³-hybridized carbons (Fsp3) is 0.500. The molecular formula is C14H19NO4. The van der Waals surface area contributed by atoms with Crippen molar-refractivity contribution in [3.8, 4) is 0 Å². The van der Waals surface area contributed by atoms with E-state index in [-0.39, 0.29) is 11.1 Å². The number of rotatable bonds is 4. The van der Waals surface area contributed by atoms with E-state index in [4.69, 9.17) is 0 Å². The van der Waals surface area contributed by atoms with Crippen LogP contribution >= 0.6 is 0 Å². The molecule has 0 fully saturated rings. The molecule has 5 heteroatoms. The van der Waals surface area contributed by atoms with Crippen LogP contribution in [0.3, 0.4) is 0 Å². The number of nitrogens with zero attached hydrogens (tertiary/aromatic N) is 1. The van der Waals surface area contributed by atoms with E-state index in [1.807, 2.05) is 20.8 Å². The van der Waals surface area contributed by atoms with Gasteiger partial charge in [-0.3, -0.25) is 14.9 Å². The maximum absolute atomic E-state index is 11.6. The molecule has 0 amide bonds. The Morgan fingerprint density at radius 3 is 2.00 bits per heavy atom. The minimum atomic E-state index is -1.05. The predicted octanol–water partition coefficient (Wildman–Crippen LogP) is 3.37. The van der Waals surface area contributed by atoms with E-state index in [2.05, 4.69) is 0 Å². The fourth-order valence-electron chi connectivity index (χ4n) is 2.31. The number of non-ortho nitro benzene ring substituents is 1. The van der Waals surface area contributed by atoms with Gasteiger partial charge in [-0.1, -0.05) is 32.9 Å². The van der Waals surface area contributed by atoms with Gasteiger partial charge < -0.3 is 5.11 Å². The van der Waals surface area contributed by atoms with Crippen molar-refractivity contribution in [2.75, 3.05) is 0 Å². The normalized spacial score (nSPS) is 14.7. The quantitative estimate of drug-likeness (QED) is 0.668. The lowest BCUT2D eigenvalue weighted by Crippen LogP contribution is -2.36. The van der Waals surface area contributed by atoms with E-state index in [0.29, 0.717) is 12.0 Å². The molecule has 1 N–H and O–H groups in total. The van der Waals surface area contributed by atoms with Gasteiger partial charge in [0.15, 0.2) is 0 Å². The van der Waals surface area contributed by atoms with Gasteiger partial charge in [-0.15, -0.1) is 0 Å². The predicted molar refractivity (Wildman–Crippen MR) is 72.2 cm³/mol. The first-order chi connectivity index (χ1) is 8.56. The van der Waals surface area contributed by atoms with E-state index in [1.54, 1.807) is 6.92 Å². The molecular weight excluding hydrogens is 246 g/mol. The molecule has 1 atom stereocenters. The molecule has 5 nitrogen and oxygen atoms in total. The number of carbonyl (C=O) groups is 1. The molecule has 0 heterocycles. The summed E-state index contributed by atoms with van der Waals surface area (Å²) in [4.78, 5) is 21.7. The first-order valence-electron chi connectivity index (χ1n) is 6.04. The molecule has 0 aliphatic heterocycles. The summed E-state index contributed by atoms with van der Waals surface area (Å²) < 4.78 is 0. The van der Waals surface area contributed by atoms with Crippen molar-refractivity contribution >= 4 is 11.7 Å². The van der Waals surface area contributed by atoms with E-state index in [1.165, 1.54) is 24.3 Å². The van der Waals surface area contributed by atoms with Crippen molar-refractivity contribution in [1.82, 2.24) is 0 Å². The number of hydrogen-bond acceptors (Lipinski definition) is 3. The number of benzene rings is 1. The third kappa shape index (κ3) is 3.53. The minimum Gasteiger partial charge on any atom is -0.481 e. The number of carboxylic acid groups (broad SMARTS) is 1. The molecule has 0 aliphatic rings. The van der Waals surface area contributed by atoms with Crippen molar-refractivity contribution in [2.45, 2.75) is 39.5 Å². The largest absolute Gasteiger partial charge is 0.481 e. The van der Waals surface area contributed by atoms with Gasteiger partial charge in [0.25, 0.3) is 5.69 Å². The highest BCUT2D eigenvalue weighted by molar-refractivity contribution is 5.81. The molecule has 1 aromatic carbocycles. The summed E-state index contributed by atoms with van der Waals surface area (Å²) in [5.41, 5.74) is -0.657. The Morgan fingerprint density at radius 1 is 1.21 bits per heavy atom. The summed E-state index contributed by atoms with van der Waals surface area (Å²) in [6.45, 7) is 7.57. The van der Waals surface area contributed by atoms with Crippen LogP contribution in [0.25, 0.3) is 0 Å². The number of hydrogen-bond donors (Lipinski definition) is 1. The van der Waals surface area contributed by atoms with Crippen LogP contribution in [0.2, 0.25) is 0 Å². The van der Waals surface area contributed by atoms with Gasteiger partial charge in [-0.05, 0) is 24.3 Å². The van der Waals surface area contributed by atoms with E-state index >= 15 is 0 Å². The molecule has 104 valence electrons. The van der Waals surface area contributed by atoms with Crippen LogP contribution in [0.15, 0.2) is 24.3 Å². The Kier molecular flexibility index (Phi) is 3.98. The third-order valence-corrected chi connectivity index (χ3v) is 3.07. The second-order valence-electron chi connectivity index (χ2n) is 6.18. The smallest absolute Gasteiger partial charge is 0.313 e. The highest BCUT2D eigenvalue weighted by Crippen LogP contribution is 2.37.